The van der Waals surface area contributed by atoms with E-state index in [0.29, 0.717) is 5.92 Å². The van der Waals surface area contributed by atoms with E-state index in [9.17, 15) is 4.79 Å². The van der Waals surface area contributed by atoms with Gasteiger partial charge in [-0.05, 0) is 25.9 Å². The molecule has 0 aromatic carbocycles. The molecule has 11 heavy (non-hydrogen) atoms. The molecule has 0 saturated carbocycles. The number of likely N-dealkylation sites (tertiary alicyclic amines) is 1. The van der Waals surface area contributed by atoms with Crippen molar-refractivity contribution in [2.75, 3.05) is 26.7 Å². The lowest BCUT2D eigenvalue weighted by molar-refractivity contribution is -0.127. The highest BCUT2D eigenvalue weighted by Crippen LogP contribution is 2.14. The van der Waals surface area contributed by atoms with Gasteiger partial charge >= 0.3 is 0 Å². The van der Waals surface area contributed by atoms with E-state index in [1.807, 2.05) is 11.9 Å². The number of carbonyl (C=O) groups is 1. The summed E-state index contributed by atoms with van der Waals surface area (Å²) in [6, 6.07) is 0. The van der Waals surface area contributed by atoms with Crippen LogP contribution in [-0.2, 0) is 4.79 Å². The second-order valence-electron chi connectivity index (χ2n) is 3.18. The van der Waals surface area contributed by atoms with Crippen molar-refractivity contribution in [3.8, 4) is 0 Å². The number of hydrogen-bond donors (Lipinski definition) is 1. The third-order valence-electron chi connectivity index (χ3n) is 2.22. The van der Waals surface area contributed by atoms with Gasteiger partial charge in [-0.1, -0.05) is 0 Å². The van der Waals surface area contributed by atoms with Crippen LogP contribution in [0.25, 0.3) is 0 Å². The van der Waals surface area contributed by atoms with E-state index < -0.39 is 0 Å². The minimum Gasteiger partial charge on any atom is -0.343 e. The van der Waals surface area contributed by atoms with Crippen molar-refractivity contribution < 1.29 is 4.79 Å². The Bertz CT molecular complexity index is 147. The van der Waals surface area contributed by atoms with E-state index in [1.54, 1.807) is 6.92 Å². The van der Waals surface area contributed by atoms with Crippen LogP contribution in [0.2, 0.25) is 0 Å². The second-order valence-corrected chi connectivity index (χ2v) is 3.18. The van der Waals surface area contributed by atoms with Crippen molar-refractivity contribution in [1.29, 1.82) is 0 Å². The minimum absolute atomic E-state index is 0.212. The molecule has 64 valence electrons. The van der Waals surface area contributed by atoms with Crippen LogP contribution in [0.1, 0.15) is 13.3 Å². The van der Waals surface area contributed by atoms with Crippen molar-refractivity contribution >= 4 is 5.91 Å². The van der Waals surface area contributed by atoms with Gasteiger partial charge in [0, 0.05) is 20.0 Å². The predicted octanol–water partition coefficient (Wildman–Crippen LogP) is 0.0742. The maximum Gasteiger partial charge on any atom is 0.219 e. The van der Waals surface area contributed by atoms with Crippen molar-refractivity contribution in [1.82, 2.24) is 10.2 Å². The van der Waals surface area contributed by atoms with Gasteiger partial charge in [-0.3, -0.25) is 4.79 Å². The Balaban J connectivity index is 2.29. The van der Waals surface area contributed by atoms with E-state index in [-0.39, 0.29) is 5.91 Å². The van der Waals surface area contributed by atoms with E-state index in [4.69, 9.17) is 0 Å². The smallest absolute Gasteiger partial charge is 0.219 e. The van der Waals surface area contributed by atoms with Crippen LogP contribution >= 0.6 is 0 Å². The first-order valence-corrected chi connectivity index (χ1v) is 4.14. The van der Waals surface area contributed by atoms with Gasteiger partial charge < -0.3 is 10.2 Å². The number of rotatable bonds is 2. The number of nitrogens with one attached hydrogen (secondary N) is 1. The summed E-state index contributed by atoms with van der Waals surface area (Å²) in [6.07, 6.45) is 1.15. The van der Waals surface area contributed by atoms with Crippen LogP contribution < -0.4 is 5.32 Å². The maximum atomic E-state index is 10.9. The zero-order valence-corrected chi connectivity index (χ0v) is 7.26. The summed E-state index contributed by atoms with van der Waals surface area (Å²) in [5.74, 6) is 0.882. The van der Waals surface area contributed by atoms with E-state index in [0.717, 1.165) is 26.1 Å². The standard InChI is InChI=1S/C8H16N2O/c1-7(11)10-4-3-8(6-10)5-9-2/h8-9H,3-6H2,1-2H3/t8-/m1/s1. The first-order valence-electron chi connectivity index (χ1n) is 4.14. The number of nitrogens with zero attached hydrogens (tertiary/aromatic N) is 1. The average Bonchev–Trinajstić information content (AvgIpc) is 2.37. The molecule has 1 heterocycles. The second kappa shape index (κ2) is 3.72. The molecular weight excluding hydrogens is 140 g/mol. The molecular formula is C8H16N2O. The molecule has 1 aliphatic heterocycles. The lowest BCUT2D eigenvalue weighted by atomic mass is 10.1. The Morgan fingerprint density at radius 2 is 2.45 bits per heavy atom. The molecule has 0 unspecified atom stereocenters. The maximum absolute atomic E-state index is 10.9. The summed E-state index contributed by atoms with van der Waals surface area (Å²) in [4.78, 5) is 12.8. The predicted molar refractivity (Wildman–Crippen MR) is 44.3 cm³/mol. The molecule has 1 rings (SSSR count). The van der Waals surface area contributed by atoms with E-state index >= 15 is 0 Å². The van der Waals surface area contributed by atoms with Crippen molar-refractivity contribution in [3.63, 3.8) is 0 Å². The Kier molecular flexibility index (Phi) is 2.88. The fraction of sp³-hybridized carbons (Fsp3) is 0.875. The van der Waals surface area contributed by atoms with Crippen LogP contribution in [0, 0.1) is 5.92 Å². The Morgan fingerprint density at radius 3 is 2.91 bits per heavy atom. The first kappa shape index (κ1) is 8.53. The van der Waals surface area contributed by atoms with Crippen LogP contribution in [0.3, 0.4) is 0 Å². The van der Waals surface area contributed by atoms with Gasteiger partial charge in [0.25, 0.3) is 0 Å². The molecule has 1 aliphatic rings. The number of carbonyl (C=O) groups excluding carboxylic acids is 1. The largest absolute Gasteiger partial charge is 0.343 e. The summed E-state index contributed by atoms with van der Waals surface area (Å²) < 4.78 is 0. The zero-order chi connectivity index (χ0) is 8.27. The highest BCUT2D eigenvalue weighted by Gasteiger charge is 2.22. The minimum atomic E-state index is 0.212. The Labute approximate surface area is 67.8 Å². The topological polar surface area (TPSA) is 32.3 Å². The molecule has 1 N–H and O–H groups in total. The van der Waals surface area contributed by atoms with Crippen molar-refractivity contribution in [3.05, 3.63) is 0 Å². The summed E-state index contributed by atoms with van der Waals surface area (Å²) in [5, 5.41) is 3.13. The normalized spacial score (nSPS) is 24.2. The molecule has 0 aromatic heterocycles. The van der Waals surface area contributed by atoms with Crippen LogP contribution in [-0.4, -0.2) is 37.5 Å². The van der Waals surface area contributed by atoms with Gasteiger partial charge in [0.15, 0.2) is 0 Å². The zero-order valence-electron chi connectivity index (χ0n) is 7.26. The van der Waals surface area contributed by atoms with Crippen LogP contribution in [0.5, 0.6) is 0 Å². The van der Waals surface area contributed by atoms with E-state index in [2.05, 4.69) is 5.32 Å². The molecule has 0 radical (unpaired) electrons. The van der Waals surface area contributed by atoms with Gasteiger partial charge in [0.05, 0.1) is 0 Å². The van der Waals surface area contributed by atoms with Crippen LogP contribution in [0.15, 0.2) is 0 Å². The number of amides is 1. The third kappa shape index (κ3) is 2.19. The van der Waals surface area contributed by atoms with E-state index in [1.165, 1.54) is 0 Å². The average molecular weight is 156 g/mol. The van der Waals surface area contributed by atoms with Crippen LogP contribution in [0.4, 0.5) is 0 Å². The van der Waals surface area contributed by atoms with Gasteiger partial charge in [0.1, 0.15) is 0 Å². The Morgan fingerprint density at radius 1 is 1.73 bits per heavy atom. The fourth-order valence-electron chi connectivity index (χ4n) is 1.57. The first-order chi connectivity index (χ1) is 5.24. The van der Waals surface area contributed by atoms with Gasteiger partial charge in [-0.25, -0.2) is 0 Å². The Hall–Kier alpha value is -0.570. The highest BCUT2D eigenvalue weighted by molar-refractivity contribution is 5.73. The summed E-state index contributed by atoms with van der Waals surface area (Å²) in [6.45, 7) is 4.56. The molecule has 1 fully saturated rings. The SMILES string of the molecule is CNC[C@H]1CCN(C(C)=O)C1. The lowest BCUT2D eigenvalue weighted by Gasteiger charge is -2.13. The molecule has 0 spiro atoms. The van der Waals surface area contributed by atoms with Crippen molar-refractivity contribution in [2.24, 2.45) is 5.92 Å². The third-order valence-corrected chi connectivity index (χ3v) is 2.22. The molecule has 0 bridgehead atoms. The summed E-state index contributed by atoms with van der Waals surface area (Å²) >= 11 is 0. The fourth-order valence-corrected chi connectivity index (χ4v) is 1.57. The van der Waals surface area contributed by atoms with Gasteiger partial charge in [-0.2, -0.15) is 0 Å². The lowest BCUT2D eigenvalue weighted by Crippen LogP contribution is -2.28. The molecule has 1 saturated heterocycles. The monoisotopic (exact) mass is 156 g/mol. The molecule has 0 aromatic rings. The summed E-state index contributed by atoms with van der Waals surface area (Å²) in [5.41, 5.74) is 0. The highest BCUT2D eigenvalue weighted by atomic mass is 16.2. The van der Waals surface area contributed by atoms with Crippen molar-refractivity contribution in [2.45, 2.75) is 13.3 Å². The molecule has 3 heteroatoms. The van der Waals surface area contributed by atoms with Gasteiger partial charge in [0.2, 0.25) is 5.91 Å². The molecule has 3 nitrogen and oxygen atoms in total. The number of hydrogen-bond acceptors (Lipinski definition) is 2. The molecule has 0 aliphatic carbocycles. The summed E-state index contributed by atoms with van der Waals surface area (Å²) in [7, 11) is 1.95. The quantitative estimate of drug-likeness (QED) is 0.614. The molecule has 1 amide bonds. The van der Waals surface area contributed by atoms with Gasteiger partial charge in [-0.15, -0.1) is 0 Å². The molecule has 1 atom stereocenters.